The molecule has 0 spiro atoms. The molecule has 2 nitrogen and oxygen atoms in total. The van der Waals surface area contributed by atoms with E-state index in [1.165, 1.54) is 0 Å². The van der Waals surface area contributed by atoms with Crippen LogP contribution in [0.4, 0.5) is 5.82 Å². The lowest BCUT2D eigenvalue weighted by Crippen LogP contribution is -2.11. The molecule has 0 atom stereocenters. The Hall–Kier alpha value is -1.05. The lowest BCUT2D eigenvalue weighted by molar-refractivity contribution is 0.589. The van der Waals surface area contributed by atoms with E-state index in [0.29, 0.717) is 0 Å². The third kappa shape index (κ3) is 1.93. The van der Waals surface area contributed by atoms with Gasteiger partial charge in [-0.05, 0) is 23.1 Å². The summed E-state index contributed by atoms with van der Waals surface area (Å²) in [4.78, 5) is 3.31. The summed E-state index contributed by atoms with van der Waals surface area (Å²) in [5.74, 6) is -0.719. The van der Waals surface area contributed by atoms with Crippen molar-refractivity contribution in [2.24, 2.45) is 0 Å². The van der Waals surface area contributed by atoms with Gasteiger partial charge >= 0.3 is 0 Å². The largest absolute Gasteiger partial charge is 0.384 e. The van der Waals surface area contributed by atoms with Crippen molar-refractivity contribution in [1.82, 2.24) is 4.98 Å². The molecule has 2 heteroatoms. The second kappa shape index (κ2) is 2.53. The van der Waals surface area contributed by atoms with Gasteiger partial charge in [-0.3, -0.25) is 0 Å². The second-order valence-electron chi connectivity index (χ2n) is 1.98. The Balaban J connectivity index is 4.20. The Morgan fingerprint density at radius 1 is 1.64 bits per heavy atom. The second-order valence-corrected chi connectivity index (χ2v) is 1.98. The maximum Gasteiger partial charge on any atom is 0.123 e. The summed E-state index contributed by atoms with van der Waals surface area (Å²) in [6.45, 7) is -10.9. The van der Waals surface area contributed by atoms with Crippen LogP contribution in [0.25, 0.3) is 0 Å². The predicted molar refractivity (Wildman–Crippen MR) is 47.3 cm³/mol. The molecule has 0 aliphatic rings. The number of hydrogen-bond acceptors (Lipinski definition) is 2. The van der Waals surface area contributed by atoms with Crippen LogP contribution in [0, 0.1) is 0 Å². The summed E-state index contributed by atoms with van der Waals surface area (Å²) in [5, 5.41) is 0. The van der Waals surface area contributed by atoms with Crippen LogP contribution in [0.15, 0.2) is 18.3 Å². The van der Waals surface area contributed by atoms with Gasteiger partial charge in [-0.15, -0.1) is 0 Å². The lowest BCUT2D eigenvalue weighted by Gasteiger charge is -2.18. The Morgan fingerprint density at radius 3 is 3.00 bits per heavy atom. The van der Waals surface area contributed by atoms with Crippen LogP contribution >= 0.6 is 0 Å². The van der Waals surface area contributed by atoms with Crippen LogP contribution in [-0.4, -0.2) is 4.98 Å². The number of hydrogen-bond donors (Lipinski definition) is 1. The van der Waals surface area contributed by atoms with E-state index in [0.717, 1.165) is 0 Å². The quantitative estimate of drug-likeness (QED) is 0.633. The van der Waals surface area contributed by atoms with E-state index in [4.69, 9.17) is 22.2 Å². The zero-order valence-electron chi connectivity index (χ0n) is 17.5. The molecule has 0 aromatic carbocycles. The normalized spacial score (nSPS) is 30.9. The monoisotopic (exact) mass is 162 g/mol. The molecule has 11 heavy (non-hydrogen) atoms. The third-order valence-electron chi connectivity index (χ3n) is 0.985. The minimum Gasteiger partial charge on any atom is -0.384 e. The van der Waals surface area contributed by atoms with Crippen LogP contribution < -0.4 is 5.73 Å². The number of aromatic nitrogens is 1. The first-order valence-corrected chi connectivity index (χ1v) is 2.74. The van der Waals surface area contributed by atoms with Gasteiger partial charge in [-0.2, -0.15) is 0 Å². The predicted octanol–water partition coefficient (Wildman–Crippen LogP) is 1.96. The topological polar surface area (TPSA) is 38.9 Å². The molecule has 0 bridgehead atoms. The summed E-state index contributed by atoms with van der Waals surface area (Å²) in [7, 11) is 0. The zero-order valence-corrected chi connectivity index (χ0v) is 5.52. The van der Waals surface area contributed by atoms with Gasteiger partial charge in [0.1, 0.15) is 5.82 Å². The SMILES string of the molecule is [2H]c1nc(N)c([2H])c(C(C([2H])([2H])[2H])(C([2H])([2H])[2H])C([2H])([2H])[2H])c1[2H]. The van der Waals surface area contributed by atoms with Crippen molar-refractivity contribution in [2.75, 3.05) is 5.73 Å². The molecule has 1 aromatic heterocycles. The molecule has 2 N–H and O–H groups in total. The van der Waals surface area contributed by atoms with Crippen molar-refractivity contribution in [3.63, 3.8) is 0 Å². The van der Waals surface area contributed by atoms with Crippen molar-refractivity contribution < 1.29 is 16.4 Å². The van der Waals surface area contributed by atoms with E-state index in [-0.39, 0.29) is 0 Å². The molecule has 0 amide bonds. The average molecular weight is 162 g/mol. The maximum atomic E-state index is 7.79. The summed E-state index contributed by atoms with van der Waals surface area (Å²) in [5.41, 5.74) is 0.673. The Kier molecular flexibility index (Phi) is 0.381. The van der Waals surface area contributed by atoms with E-state index < -0.39 is 55.6 Å². The summed E-state index contributed by atoms with van der Waals surface area (Å²) in [6.07, 6.45) is -0.907. The smallest absolute Gasteiger partial charge is 0.123 e. The number of nitrogen functional groups attached to an aromatic ring is 1. The highest BCUT2D eigenvalue weighted by Gasteiger charge is 2.12. The molecule has 0 radical (unpaired) electrons. The van der Waals surface area contributed by atoms with Crippen LogP contribution in [0.5, 0.6) is 0 Å². The van der Waals surface area contributed by atoms with Gasteiger partial charge in [0.15, 0.2) is 0 Å². The van der Waals surface area contributed by atoms with Crippen LogP contribution in [0.3, 0.4) is 0 Å². The van der Waals surface area contributed by atoms with Crippen LogP contribution in [0.1, 0.15) is 42.6 Å². The summed E-state index contributed by atoms with van der Waals surface area (Å²) in [6, 6.07) is -2.05. The zero-order chi connectivity index (χ0) is 18.6. The minimum absolute atomic E-state index is 0.719. The Morgan fingerprint density at radius 2 is 2.36 bits per heavy atom. The van der Waals surface area contributed by atoms with Gasteiger partial charge < -0.3 is 5.73 Å². The van der Waals surface area contributed by atoms with Crippen molar-refractivity contribution in [1.29, 1.82) is 0 Å². The van der Waals surface area contributed by atoms with Crippen molar-refractivity contribution in [2.45, 2.75) is 26.0 Å². The molecule has 0 aliphatic heterocycles. The van der Waals surface area contributed by atoms with Gasteiger partial charge in [-0.25, -0.2) is 4.98 Å². The lowest BCUT2D eigenvalue weighted by atomic mass is 9.88. The van der Waals surface area contributed by atoms with Gasteiger partial charge in [0, 0.05) is 18.5 Å². The van der Waals surface area contributed by atoms with E-state index >= 15 is 0 Å². The van der Waals surface area contributed by atoms with Crippen molar-refractivity contribution in [3.05, 3.63) is 23.8 Å². The van der Waals surface area contributed by atoms with Gasteiger partial charge in [0.2, 0.25) is 0 Å². The fourth-order valence-electron chi connectivity index (χ4n) is 0.519. The van der Waals surface area contributed by atoms with Gasteiger partial charge in [-0.1, -0.05) is 20.6 Å². The van der Waals surface area contributed by atoms with E-state index in [2.05, 4.69) is 4.98 Å². The summed E-state index contributed by atoms with van der Waals surface area (Å²) < 4.78 is 90.9. The number of nitrogens with two attached hydrogens (primary N) is 1. The van der Waals surface area contributed by atoms with Crippen LogP contribution in [-0.2, 0) is 5.41 Å². The number of pyridine rings is 1. The summed E-state index contributed by atoms with van der Waals surface area (Å²) >= 11 is 0. The van der Waals surface area contributed by atoms with Crippen LogP contribution in [0.2, 0.25) is 0 Å². The molecule has 0 fully saturated rings. The highest BCUT2D eigenvalue weighted by molar-refractivity contribution is 5.35. The van der Waals surface area contributed by atoms with E-state index in [1.807, 2.05) is 0 Å². The molecule has 0 aliphatic carbocycles. The molecule has 0 saturated carbocycles. The average Bonchev–Trinajstić information content (AvgIpc) is 2.26. The maximum absolute atomic E-state index is 7.79. The molecule has 0 unspecified atom stereocenters. The number of anilines is 1. The standard InChI is InChI=1S/C9H14N2/c1-9(2,3)7-4-5-11-8(10)6-7/h4-6H,1-3H3,(H2,10,11)/i1D3,2D3,3D3,4D,5D,6D. The first-order chi connectivity index (χ1) is 10.00. The van der Waals surface area contributed by atoms with Gasteiger partial charge in [0.05, 0.1) is 4.11 Å². The Bertz CT molecular complexity index is 549. The first-order valence-electron chi connectivity index (χ1n) is 8.74. The molecule has 1 rings (SSSR count). The minimum atomic E-state index is -3.63. The molecule has 1 heterocycles. The van der Waals surface area contributed by atoms with Gasteiger partial charge in [0.25, 0.3) is 0 Å². The highest BCUT2D eigenvalue weighted by Crippen LogP contribution is 2.22. The molecular weight excluding hydrogens is 136 g/mol. The fourth-order valence-corrected chi connectivity index (χ4v) is 0.519. The molecule has 60 valence electrons. The molecular formula is C9H14N2. The molecule has 1 aromatic rings. The van der Waals surface area contributed by atoms with Crippen molar-refractivity contribution in [3.8, 4) is 0 Å². The van der Waals surface area contributed by atoms with E-state index in [1.54, 1.807) is 0 Å². The highest BCUT2D eigenvalue weighted by atomic mass is 14.8. The third-order valence-corrected chi connectivity index (χ3v) is 0.985. The number of rotatable bonds is 0. The number of nitrogens with zero attached hydrogens (tertiary/aromatic N) is 1. The molecule has 0 saturated heterocycles. The first kappa shape index (κ1) is 1.65. The Labute approximate surface area is 84.3 Å². The fraction of sp³-hybridized carbons (Fsp3) is 0.444. The van der Waals surface area contributed by atoms with Crippen molar-refractivity contribution >= 4 is 5.82 Å². The van der Waals surface area contributed by atoms with E-state index in [9.17, 15) is 0 Å².